The highest BCUT2D eigenvalue weighted by Gasteiger charge is 2.43. The second-order valence-electron chi connectivity index (χ2n) is 5.48. The molecule has 1 aliphatic carbocycles. The Morgan fingerprint density at radius 2 is 2.00 bits per heavy atom. The van der Waals surface area contributed by atoms with E-state index in [1.54, 1.807) is 0 Å². The molecule has 0 radical (unpaired) electrons. The Labute approximate surface area is 133 Å². The smallest absolute Gasteiger partial charge is 0.133 e. The topological polar surface area (TPSA) is 29.5 Å². The zero-order valence-electron chi connectivity index (χ0n) is 12.0. The molecule has 21 heavy (non-hydrogen) atoms. The molecule has 0 heterocycles. The fourth-order valence-electron chi connectivity index (χ4n) is 2.87. The van der Waals surface area contributed by atoms with Crippen LogP contribution in [0.5, 0.6) is 5.75 Å². The van der Waals surface area contributed by atoms with Crippen molar-refractivity contribution in [3.8, 4) is 5.75 Å². The van der Waals surface area contributed by atoms with Gasteiger partial charge >= 0.3 is 0 Å². The maximum atomic E-state index is 10.6. The Morgan fingerprint density at radius 3 is 2.67 bits per heavy atom. The third kappa shape index (κ3) is 3.14. The van der Waals surface area contributed by atoms with E-state index < -0.39 is 6.10 Å². The molecule has 0 amide bonds. The highest BCUT2D eigenvalue weighted by molar-refractivity contribution is 9.10. The summed E-state index contributed by atoms with van der Waals surface area (Å²) in [5.74, 6) is 1.62. The van der Waals surface area contributed by atoms with Gasteiger partial charge in [0.1, 0.15) is 5.75 Å². The summed E-state index contributed by atoms with van der Waals surface area (Å²) >= 11 is 3.51. The Balaban J connectivity index is 1.72. The Morgan fingerprint density at radius 1 is 1.24 bits per heavy atom. The van der Waals surface area contributed by atoms with Crippen LogP contribution in [-0.4, -0.2) is 11.7 Å². The molecular weight excluding hydrogens is 328 g/mol. The summed E-state index contributed by atoms with van der Waals surface area (Å²) in [7, 11) is 0. The molecular formula is C18H19BrO2. The first-order valence-electron chi connectivity index (χ1n) is 7.36. The molecule has 0 spiro atoms. The standard InChI is InChI=1S/C18H19BrO2/c1-2-21-17-9-8-13(10-16(17)19)18(20)15-11-14(15)12-6-4-3-5-7-12/h3-10,14-15,18,20H,2,11H2,1H3. The molecule has 3 heteroatoms. The predicted molar refractivity (Wildman–Crippen MR) is 87.6 cm³/mol. The second-order valence-corrected chi connectivity index (χ2v) is 6.34. The largest absolute Gasteiger partial charge is 0.493 e. The summed E-state index contributed by atoms with van der Waals surface area (Å²) in [6.45, 7) is 2.60. The fraction of sp³-hybridized carbons (Fsp3) is 0.333. The minimum atomic E-state index is -0.415. The minimum absolute atomic E-state index is 0.317. The van der Waals surface area contributed by atoms with Gasteiger partial charge in [0.25, 0.3) is 0 Å². The number of hydrogen-bond donors (Lipinski definition) is 1. The first kappa shape index (κ1) is 14.6. The van der Waals surface area contributed by atoms with Crippen molar-refractivity contribution in [3.05, 3.63) is 64.1 Å². The number of ether oxygens (including phenoxy) is 1. The summed E-state index contributed by atoms with van der Waals surface area (Å²) in [6, 6.07) is 16.3. The molecule has 2 aromatic rings. The Bertz CT molecular complexity index is 612. The van der Waals surface area contributed by atoms with Crippen molar-refractivity contribution < 1.29 is 9.84 Å². The van der Waals surface area contributed by atoms with Crippen LogP contribution >= 0.6 is 15.9 Å². The lowest BCUT2D eigenvalue weighted by Crippen LogP contribution is -2.02. The van der Waals surface area contributed by atoms with E-state index in [0.29, 0.717) is 18.4 Å². The SMILES string of the molecule is CCOc1ccc(C(O)C2CC2c2ccccc2)cc1Br. The van der Waals surface area contributed by atoms with E-state index in [2.05, 4.69) is 40.2 Å². The summed E-state index contributed by atoms with van der Waals surface area (Å²) in [5.41, 5.74) is 2.28. The van der Waals surface area contributed by atoms with Gasteiger partial charge in [-0.05, 0) is 64.4 Å². The van der Waals surface area contributed by atoms with Crippen LogP contribution in [0.4, 0.5) is 0 Å². The molecule has 0 bridgehead atoms. The number of rotatable bonds is 5. The number of hydrogen-bond acceptors (Lipinski definition) is 2. The van der Waals surface area contributed by atoms with E-state index in [0.717, 1.165) is 22.2 Å². The van der Waals surface area contributed by atoms with Crippen LogP contribution in [0.15, 0.2) is 53.0 Å². The van der Waals surface area contributed by atoms with Gasteiger partial charge in [-0.2, -0.15) is 0 Å². The lowest BCUT2D eigenvalue weighted by Gasteiger charge is -2.13. The van der Waals surface area contributed by atoms with Gasteiger partial charge in [-0.15, -0.1) is 0 Å². The van der Waals surface area contributed by atoms with E-state index in [-0.39, 0.29) is 0 Å². The molecule has 3 rings (SSSR count). The summed E-state index contributed by atoms with van der Waals surface area (Å²) in [5, 5.41) is 10.6. The van der Waals surface area contributed by atoms with Gasteiger partial charge in [-0.25, -0.2) is 0 Å². The van der Waals surface area contributed by atoms with Crippen molar-refractivity contribution in [2.24, 2.45) is 5.92 Å². The second kappa shape index (κ2) is 6.20. The lowest BCUT2D eigenvalue weighted by molar-refractivity contribution is 0.151. The molecule has 1 fully saturated rings. The lowest BCUT2D eigenvalue weighted by atomic mass is 10.0. The number of benzene rings is 2. The predicted octanol–water partition coefficient (Wildman–Crippen LogP) is 4.68. The summed E-state index contributed by atoms with van der Waals surface area (Å²) in [4.78, 5) is 0. The van der Waals surface area contributed by atoms with E-state index in [4.69, 9.17) is 4.74 Å². The molecule has 0 aliphatic heterocycles. The van der Waals surface area contributed by atoms with Crippen molar-refractivity contribution in [2.45, 2.75) is 25.4 Å². The quantitative estimate of drug-likeness (QED) is 0.851. The Hall–Kier alpha value is -1.32. The van der Waals surface area contributed by atoms with Crippen LogP contribution in [0.1, 0.15) is 36.5 Å². The molecule has 2 aromatic carbocycles. The first-order chi connectivity index (χ1) is 10.2. The maximum absolute atomic E-state index is 10.6. The van der Waals surface area contributed by atoms with Gasteiger partial charge in [-0.1, -0.05) is 36.4 Å². The molecule has 110 valence electrons. The van der Waals surface area contributed by atoms with Gasteiger partial charge in [0.15, 0.2) is 0 Å². The van der Waals surface area contributed by atoms with Crippen molar-refractivity contribution in [2.75, 3.05) is 6.61 Å². The van der Waals surface area contributed by atoms with E-state index >= 15 is 0 Å². The molecule has 0 aromatic heterocycles. The average Bonchev–Trinajstić information content (AvgIpc) is 3.30. The van der Waals surface area contributed by atoms with Crippen LogP contribution in [0.2, 0.25) is 0 Å². The van der Waals surface area contributed by atoms with Gasteiger partial charge in [0, 0.05) is 0 Å². The van der Waals surface area contributed by atoms with Crippen LogP contribution in [0.25, 0.3) is 0 Å². The molecule has 1 saturated carbocycles. The summed E-state index contributed by atoms with van der Waals surface area (Å²) < 4.78 is 6.41. The normalized spacial score (nSPS) is 21.9. The van der Waals surface area contributed by atoms with E-state index in [1.165, 1.54) is 5.56 Å². The molecule has 3 unspecified atom stereocenters. The van der Waals surface area contributed by atoms with Crippen molar-refractivity contribution in [1.82, 2.24) is 0 Å². The van der Waals surface area contributed by atoms with Gasteiger partial charge in [-0.3, -0.25) is 0 Å². The monoisotopic (exact) mass is 346 g/mol. The minimum Gasteiger partial charge on any atom is -0.493 e. The molecule has 0 saturated heterocycles. The van der Waals surface area contributed by atoms with Crippen LogP contribution in [0, 0.1) is 5.92 Å². The van der Waals surface area contributed by atoms with Crippen molar-refractivity contribution >= 4 is 15.9 Å². The maximum Gasteiger partial charge on any atom is 0.133 e. The van der Waals surface area contributed by atoms with Gasteiger partial charge < -0.3 is 9.84 Å². The highest BCUT2D eigenvalue weighted by atomic mass is 79.9. The fourth-order valence-corrected chi connectivity index (χ4v) is 3.38. The van der Waals surface area contributed by atoms with Crippen LogP contribution < -0.4 is 4.74 Å². The zero-order valence-corrected chi connectivity index (χ0v) is 13.6. The number of aliphatic hydroxyl groups excluding tert-OH is 1. The van der Waals surface area contributed by atoms with Crippen molar-refractivity contribution in [1.29, 1.82) is 0 Å². The van der Waals surface area contributed by atoms with Crippen LogP contribution in [-0.2, 0) is 0 Å². The third-order valence-electron chi connectivity index (χ3n) is 4.07. The van der Waals surface area contributed by atoms with Gasteiger partial charge in [0.05, 0.1) is 17.2 Å². The zero-order chi connectivity index (χ0) is 14.8. The van der Waals surface area contributed by atoms with Crippen LogP contribution in [0.3, 0.4) is 0 Å². The average molecular weight is 347 g/mol. The summed E-state index contributed by atoms with van der Waals surface area (Å²) in [6.07, 6.45) is 0.637. The number of halogens is 1. The van der Waals surface area contributed by atoms with Crippen molar-refractivity contribution in [3.63, 3.8) is 0 Å². The first-order valence-corrected chi connectivity index (χ1v) is 8.15. The van der Waals surface area contributed by atoms with E-state index in [1.807, 2.05) is 31.2 Å². The molecule has 3 atom stereocenters. The molecule has 1 N–H and O–H groups in total. The molecule has 1 aliphatic rings. The third-order valence-corrected chi connectivity index (χ3v) is 4.69. The Kier molecular flexibility index (Phi) is 4.32. The number of aliphatic hydroxyl groups is 1. The van der Waals surface area contributed by atoms with E-state index in [9.17, 15) is 5.11 Å². The molecule has 2 nitrogen and oxygen atoms in total. The highest BCUT2D eigenvalue weighted by Crippen LogP contribution is 2.54. The van der Waals surface area contributed by atoms with Gasteiger partial charge in [0.2, 0.25) is 0 Å².